The first kappa shape index (κ1) is 29.8. The van der Waals surface area contributed by atoms with Crippen LogP contribution in [-0.4, -0.2) is 50.0 Å². The van der Waals surface area contributed by atoms with Crippen molar-refractivity contribution in [1.82, 2.24) is 10.2 Å². The fourth-order valence-electron chi connectivity index (χ4n) is 4.24. The number of carbonyl (C=O) groups is 2. The Kier molecular flexibility index (Phi) is 10.4. The Labute approximate surface area is 238 Å². The SMILES string of the molecule is C[C@@H](C(=O)NC1CCCCC1)N(Cc1ccc(Cl)cc1)C(=O)CN(c1cc(Cl)c(Cl)cc1Cl)S(C)(=O)=O. The van der Waals surface area contributed by atoms with E-state index in [1.165, 1.54) is 17.0 Å². The molecule has 1 aliphatic rings. The van der Waals surface area contributed by atoms with Gasteiger partial charge in [0.05, 0.1) is 27.0 Å². The number of hydrogen-bond donors (Lipinski definition) is 1. The topological polar surface area (TPSA) is 86.8 Å². The predicted octanol–water partition coefficient (Wildman–Crippen LogP) is 5.93. The van der Waals surface area contributed by atoms with Crippen molar-refractivity contribution in [2.45, 2.75) is 57.7 Å². The van der Waals surface area contributed by atoms with Gasteiger partial charge < -0.3 is 10.2 Å². The van der Waals surface area contributed by atoms with Crippen LogP contribution in [0.2, 0.25) is 20.1 Å². The molecule has 2 aromatic carbocycles. The van der Waals surface area contributed by atoms with Crippen LogP contribution in [-0.2, 0) is 26.2 Å². The van der Waals surface area contributed by atoms with Gasteiger partial charge in [-0.05, 0) is 49.6 Å². The minimum atomic E-state index is -3.96. The highest BCUT2D eigenvalue weighted by atomic mass is 35.5. The first-order chi connectivity index (χ1) is 17.4. The molecule has 0 unspecified atom stereocenters. The van der Waals surface area contributed by atoms with Crippen LogP contribution >= 0.6 is 46.4 Å². The summed E-state index contributed by atoms with van der Waals surface area (Å²) in [7, 11) is -3.96. The molecule has 7 nitrogen and oxygen atoms in total. The van der Waals surface area contributed by atoms with E-state index >= 15 is 0 Å². The second-order valence-electron chi connectivity index (χ2n) is 9.15. The zero-order valence-electron chi connectivity index (χ0n) is 20.5. The molecule has 1 aliphatic carbocycles. The van der Waals surface area contributed by atoms with Gasteiger partial charge in [-0.3, -0.25) is 13.9 Å². The molecule has 0 aliphatic heterocycles. The number of rotatable bonds is 9. The van der Waals surface area contributed by atoms with Gasteiger partial charge in [0, 0.05) is 17.6 Å². The second-order valence-corrected chi connectivity index (χ2v) is 12.7. The van der Waals surface area contributed by atoms with E-state index in [2.05, 4.69) is 5.32 Å². The van der Waals surface area contributed by atoms with E-state index in [4.69, 9.17) is 46.4 Å². The van der Waals surface area contributed by atoms with Crippen LogP contribution < -0.4 is 9.62 Å². The monoisotopic (exact) mass is 607 g/mol. The van der Waals surface area contributed by atoms with Crippen LogP contribution in [0.25, 0.3) is 0 Å². The molecule has 0 saturated heterocycles. The van der Waals surface area contributed by atoms with Crippen LogP contribution in [0.5, 0.6) is 0 Å². The number of amides is 2. The minimum absolute atomic E-state index is 0.0117. The van der Waals surface area contributed by atoms with Crippen LogP contribution in [0.3, 0.4) is 0 Å². The molecule has 1 atom stereocenters. The lowest BCUT2D eigenvalue weighted by atomic mass is 9.95. The molecule has 37 heavy (non-hydrogen) atoms. The lowest BCUT2D eigenvalue weighted by Crippen LogP contribution is -2.53. The first-order valence-electron chi connectivity index (χ1n) is 11.8. The fourth-order valence-corrected chi connectivity index (χ4v) is 5.91. The van der Waals surface area contributed by atoms with Gasteiger partial charge in [0.15, 0.2) is 0 Å². The summed E-state index contributed by atoms with van der Waals surface area (Å²) in [6, 6.07) is 8.67. The molecule has 12 heteroatoms. The van der Waals surface area contributed by atoms with Crippen molar-refractivity contribution < 1.29 is 18.0 Å². The van der Waals surface area contributed by atoms with Gasteiger partial charge in [0.2, 0.25) is 21.8 Å². The summed E-state index contributed by atoms with van der Waals surface area (Å²) in [4.78, 5) is 28.2. The third-order valence-corrected chi connectivity index (χ3v) is 8.73. The van der Waals surface area contributed by atoms with E-state index in [1.54, 1.807) is 31.2 Å². The summed E-state index contributed by atoms with van der Waals surface area (Å²) >= 11 is 24.4. The van der Waals surface area contributed by atoms with E-state index in [0.717, 1.165) is 48.2 Å². The number of carbonyl (C=O) groups excluding carboxylic acids is 2. The van der Waals surface area contributed by atoms with Gasteiger partial charge in [-0.1, -0.05) is 77.8 Å². The third kappa shape index (κ3) is 8.14. The number of nitrogens with zero attached hydrogens (tertiary/aromatic N) is 2. The Morgan fingerprint density at radius 1 is 0.973 bits per heavy atom. The van der Waals surface area contributed by atoms with Crippen LogP contribution in [0.1, 0.15) is 44.6 Å². The zero-order chi connectivity index (χ0) is 27.3. The first-order valence-corrected chi connectivity index (χ1v) is 15.2. The predicted molar refractivity (Wildman–Crippen MR) is 150 cm³/mol. The molecule has 0 bridgehead atoms. The molecule has 1 saturated carbocycles. The van der Waals surface area contributed by atoms with Crippen LogP contribution in [0.15, 0.2) is 36.4 Å². The number of anilines is 1. The maximum atomic E-state index is 13.7. The van der Waals surface area contributed by atoms with E-state index in [-0.39, 0.29) is 39.2 Å². The van der Waals surface area contributed by atoms with Gasteiger partial charge >= 0.3 is 0 Å². The van der Waals surface area contributed by atoms with E-state index in [1.807, 2.05) is 0 Å². The quantitative estimate of drug-likeness (QED) is 0.357. The Morgan fingerprint density at radius 2 is 1.57 bits per heavy atom. The highest BCUT2D eigenvalue weighted by Gasteiger charge is 2.32. The number of hydrogen-bond acceptors (Lipinski definition) is 4. The lowest BCUT2D eigenvalue weighted by Gasteiger charge is -2.33. The normalized spacial score (nSPS) is 15.2. The van der Waals surface area contributed by atoms with Gasteiger partial charge in [0.1, 0.15) is 12.6 Å². The Hall–Kier alpha value is -1.71. The maximum Gasteiger partial charge on any atom is 0.244 e. The number of sulfonamides is 1. The number of benzene rings is 2. The van der Waals surface area contributed by atoms with Crippen LogP contribution in [0, 0.1) is 0 Å². The molecule has 0 heterocycles. The van der Waals surface area contributed by atoms with Crippen molar-refractivity contribution in [3.05, 3.63) is 62.1 Å². The van der Waals surface area contributed by atoms with Crippen molar-refractivity contribution in [2.75, 3.05) is 17.1 Å². The number of nitrogens with one attached hydrogen (secondary N) is 1. The molecule has 2 aromatic rings. The smallest absolute Gasteiger partial charge is 0.244 e. The fraction of sp³-hybridized carbons (Fsp3) is 0.440. The average molecular weight is 609 g/mol. The van der Waals surface area contributed by atoms with Crippen molar-refractivity contribution in [2.24, 2.45) is 0 Å². The summed E-state index contributed by atoms with van der Waals surface area (Å²) in [5, 5.41) is 3.82. The van der Waals surface area contributed by atoms with Gasteiger partial charge in [-0.15, -0.1) is 0 Å². The van der Waals surface area contributed by atoms with Gasteiger partial charge in [-0.25, -0.2) is 8.42 Å². The van der Waals surface area contributed by atoms with E-state index in [0.29, 0.717) is 5.02 Å². The molecule has 1 N–H and O–H groups in total. The summed E-state index contributed by atoms with van der Waals surface area (Å²) < 4.78 is 26.3. The Bertz CT molecular complexity index is 1240. The van der Waals surface area contributed by atoms with Crippen molar-refractivity contribution >= 4 is 73.9 Å². The lowest BCUT2D eigenvalue weighted by molar-refractivity contribution is -0.139. The zero-order valence-corrected chi connectivity index (χ0v) is 24.4. The van der Waals surface area contributed by atoms with Gasteiger partial charge in [0.25, 0.3) is 0 Å². The van der Waals surface area contributed by atoms with Gasteiger partial charge in [-0.2, -0.15) is 0 Å². The summed E-state index contributed by atoms with van der Waals surface area (Å²) in [6.07, 6.45) is 5.97. The molecular weight excluding hydrogens is 580 g/mol. The molecule has 3 rings (SSSR count). The highest BCUT2D eigenvalue weighted by molar-refractivity contribution is 7.92. The van der Waals surface area contributed by atoms with Crippen molar-refractivity contribution in [3.63, 3.8) is 0 Å². The van der Waals surface area contributed by atoms with Crippen LogP contribution in [0.4, 0.5) is 5.69 Å². The molecule has 0 aromatic heterocycles. The van der Waals surface area contributed by atoms with E-state index < -0.39 is 28.5 Å². The second kappa shape index (κ2) is 12.9. The minimum Gasteiger partial charge on any atom is -0.352 e. The molecule has 2 amide bonds. The highest BCUT2D eigenvalue weighted by Crippen LogP contribution is 2.35. The summed E-state index contributed by atoms with van der Waals surface area (Å²) in [5.41, 5.74) is 0.742. The molecule has 202 valence electrons. The molecule has 0 radical (unpaired) electrons. The standard InChI is InChI=1S/C25H29Cl4N3O4S/c1-16(25(34)30-19-6-4-3-5-7-19)31(14-17-8-10-18(26)11-9-17)24(33)15-32(37(2,35)36)23-13-21(28)20(27)12-22(23)29/h8-13,16,19H,3-7,14-15H2,1-2H3,(H,30,34)/t16-/m0/s1. The summed E-state index contributed by atoms with van der Waals surface area (Å²) in [5.74, 6) is -0.888. The largest absolute Gasteiger partial charge is 0.352 e. The van der Waals surface area contributed by atoms with E-state index in [9.17, 15) is 18.0 Å². The van der Waals surface area contributed by atoms with Crippen molar-refractivity contribution in [1.29, 1.82) is 0 Å². The molecule has 0 spiro atoms. The third-order valence-electron chi connectivity index (χ3n) is 6.32. The number of halogens is 4. The summed E-state index contributed by atoms with van der Waals surface area (Å²) in [6.45, 7) is 1.11. The molecular formula is C25H29Cl4N3O4S. The molecule has 1 fully saturated rings. The Morgan fingerprint density at radius 3 is 2.16 bits per heavy atom. The maximum absolute atomic E-state index is 13.7. The Balaban J connectivity index is 1.91. The average Bonchev–Trinajstić information content (AvgIpc) is 2.84. The van der Waals surface area contributed by atoms with Crippen molar-refractivity contribution in [3.8, 4) is 0 Å².